The summed E-state index contributed by atoms with van der Waals surface area (Å²) < 4.78 is 6.92. The van der Waals surface area contributed by atoms with Gasteiger partial charge in [-0.3, -0.25) is 9.48 Å². The molecule has 1 aromatic heterocycles. The van der Waals surface area contributed by atoms with Crippen molar-refractivity contribution in [1.29, 1.82) is 0 Å². The molecule has 0 saturated heterocycles. The summed E-state index contributed by atoms with van der Waals surface area (Å²) >= 11 is 0. The van der Waals surface area contributed by atoms with Gasteiger partial charge < -0.3 is 15.8 Å². The smallest absolute Gasteiger partial charge is 0.253 e. The number of carbonyl (C=O) groups excluding carboxylic acids is 1. The highest BCUT2D eigenvalue weighted by Crippen LogP contribution is 2.24. The number of aromatic nitrogens is 2. The van der Waals surface area contributed by atoms with Gasteiger partial charge in [-0.15, -0.1) is 0 Å². The van der Waals surface area contributed by atoms with Gasteiger partial charge in [0, 0.05) is 24.8 Å². The maximum atomic E-state index is 12.3. The molecule has 0 saturated carbocycles. The summed E-state index contributed by atoms with van der Waals surface area (Å²) in [6.45, 7) is 4.32. The highest BCUT2D eigenvalue weighted by atomic mass is 16.5. The summed E-state index contributed by atoms with van der Waals surface area (Å²) in [5, 5.41) is 7.20. The van der Waals surface area contributed by atoms with Gasteiger partial charge >= 0.3 is 0 Å². The van der Waals surface area contributed by atoms with Gasteiger partial charge in [-0.2, -0.15) is 5.10 Å². The molecule has 6 nitrogen and oxygen atoms in total. The fourth-order valence-corrected chi connectivity index (χ4v) is 2.26. The third-order valence-corrected chi connectivity index (χ3v) is 3.62. The van der Waals surface area contributed by atoms with Gasteiger partial charge in [0.1, 0.15) is 5.75 Å². The Morgan fingerprint density at radius 1 is 1.43 bits per heavy atom. The topological polar surface area (TPSA) is 82.2 Å². The molecule has 1 aromatic carbocycles. The van der Waals surface area contributed by atoms with E-state index in [-0.39, 0.29) is 5.91 Å². The molecule has 0 aliphatic rings. The van der Waals surface area contributed by atoms with Crippen LogP contribution in [0.4, 0.5) is 5.69 Å². The number of para-hydroxylation sites is 1. The van der Waals surface area contributed by atoms with Crippen LogP contribution in [0.5, 0.6) is 5.75 Å². The lowest BCUT2D eigenvalue weighted by Gasteiger charge is -2.10. The van der Waals surface area contributed by atoms with Crippen LogP contribution < -0.4 is 15.8 Å². The zero-order valence-corrected chi connectivity index (χ0v) is 12.7. The van der Waals surface area contributed by atoms with E-state index in [1.165, 1.54) is 7.11 Å². The summed E-state index contributed by atoms with van der Waals surface area (Å²) in [5.41, 5.74) is 9.65. The Balaban J connectivity index is 2.16. The number of nitrogen functional groups attached to an aromatic ring is 1. The molecule has 21 heavy (non-hydrogen) atoms. The Kier molecular flexibility index (Phi) is 4.16. The Morgan fingerprint density at radius 2 is 2.14 bits per heavy atom. The Bertz CT molecular complexity index is 677. The predicted molar refractivity (Wildman–Crippen MR) is 81.3 cm³/mol. The van der Waals surface area contributed by atoms with Crippen molar-refractivity contribution in [1.82, 2.24) is 15.1 Å². The number of methoxy groups -OCH3 is 1. The van der Waals surface area contributed by atoms with Gasteiger partial charge in [0.15, 0.2) is 0 Å². The van der Waals surface area contributed by atoms with Crippen LogP contribution in [0.15, 0.2) is 18.2 Å². The summed E-state index contributed by atoms with van der Waals surface area (Å²) in [4.78, 5) is 12.3. The summed E-state index contributed by atoms with van der Waals surface area (Å²) in [6, 6.07) is 5.14. The monoisotopic (exact) mass is 288 g/mol. The molecule has 0 bridgehead atoms. The molecule has 0 aliphatic carbocycles. The number of nitrogens with two attached hydrogens (primary N) is 1. The van der Waals surface area contributed by atoms with E-state index in [0.717, 1.165) is 17.0 Å². The van der Waals surface area contributed by atoms with E-state index in [1.54, 1.807) is 22.9 Å². The van der Waals surface area contributed by atoms with Crippen LogP contribution in [0.2, 0.25) is 0 Å². The third kappa shape index (κ3) is 2.84. The minimum atomic E-state index is -0.228. The van der Waals surface area contributed by atoms with Gasteiger partial charge in [-0.25, -0.2) is 0 Å². The molecule has 0 spiro atoms. The van der Waals surface area contributed by atoms with Crippen LogP contribution in [0.25, 0.3) is 0 Å². The average Bonchev–Trinajstić information content (AvgIpc) is 2.70. The summed E-state index contributed by atoms with van der Waals surface area (Å²) in [6.07, 6.45) is 0. The molecule has 3 N–H and O–H groups in total. The molecule has 0 fully saturated rings. The first-order chi connectivity index (χ1) is 9.95. The highest BCUT2D eigenvalue weighted by molar-refractivity contribution is 6.00. The molecule has 2 rings (SSSR count). The summed E-state index contributed by atoms with van der Waals surface area (Å²) in [7, 11) is 3.41. The normalized spacial score (nSPS) is 10.5. The number of rotatable bonds is 4. The zero-order chi connectivity index (χ0) is 15.6. The van der Waals surface area contributed by atoms with Crippen LogP contribution in [-0.4, -0.2) is 22.8 Å². The molecule has 1 heterocycles. The second-order valence-electron chi connectivity index (χ2n) is 4.88. The molecule has 0 unspecified atom stereocenters. The van der Waals surface area contributed by atoms with Gasteiger partial charge in [-0.1, -0.05) is 6.07 Å². The quantitative estimate of drug-likeness (QED) is 0.836. The Labute approximate surface area is 123 Å². The van der Waals surface area contributed by atoms with Gasteiger partial charge in [0.05, 0.1) is 24.1 Å². The summed E-state index contributed by atoms with van der Waals surface area (Å²) in [5.74, 6) is 0.269. The van der Waals surface area contributed by atoms with Crippen LogP contribution in [0.1, 0.15) is 27.3 Å². The largest absolute Gasteiger partial charge is 0.495 e. The highest BCUT2D eigenvalue weighted by Gasteiger charge is 2.15. The number of benzene rings is 1. The van der Waals surface area contributed by atoms with Gasteiger partial charge in [0.2, 0.25) is 0 Å². The maximum Gasteiger partial charge on any atom is 0.253 e. The average molecular weight is 288 g/mol. The molecule has 112 valence electrons. The standard InChI is InChI=1S/C15H20N4O2/c1-9-12(10(2)19(3)18-9)8-17-15(20)11-6-5-7-13(21-4)14(11)16/h5-7H,8,16H2,1-4H3,(H,17,20). The minimum Gasteiger partial charge on any atom is -0.495 e. The molecular weight excluding hydrogens is 268 g/mol. The first-order valence-electron chi connectivity index (χ1n) is 6.65. The second-order valence-corrected chi connectivity index (χ2v) is 4.88. The first kappa shape index (κ1) is 14.9. The minimum absolute atomic E-state index is 0.228. The van der Waals surface area contributed by atoms with E-state index in [9.17, 15) is 4.79 Å². The van der Waals surface area contributed by atoms with Crippen LogP contribution in [0, 0.1) is 13.8 Å². The van der Waals surface area contributed by atoms with Gasteiger partial charge in [-0.05, 0) is 26.0 Å². The maximum absolute atomic E-state index is 12.3. The van der Waals surface area contributed by atoms with E-state index < -0.39 is 0 Å². The van der Waals surface area contributed by atoms with E-state index >= 15 is 0 Å². The first-order valence-corrected chi connectivity index (χ1v) is 6.65. The van der Waals surface area contributed by atoms with Crippen LogP contribution >= 0.6 is 0 Å². The Morgan fingerprint density at radius 3 is 2.71 bits per heavy atom. The molecule has 0 atom stereocenters. The molecule has 6 heteroatoms. The molecule has 2 aromatic rings. The number of amides is 1. The van der Waals surface area contributed by atoms with Crippen molar-refractivity contribution in [3.8, 4) is 5.75 Å². The fraction of sp³-hybridized carbons (Fsp3) is 0.333. The van der Waals surface area contributed by atoms with E-state index in [2.05, 4.69) is 10.4 Å². The van der Waals surface area contributed by atoms with Crippen molar-refractivity contribution in [2.24, 2.45) is 7.05 Å². The van der Waals surface area contributed by atoms with Gasteiger partial charge in [0.25, 0.3) is 5.91 Å². The zero-order valence-electron chi connectivity index (χ0n) is 12.7. The van der Waals surface area contributed by atoms with Crippen molar-refractivity contribution in [2.75, 3.05) is 12.8 Å². The van der Waals surface area contributed by atoms with Crippen molar-refractivity contribution in [2.45, 2.75) is 20.4 Å². The van der Waals surface area contributed by atoms with Crippen molar-refractivity contribution < 1.29 is 9.53 Å². The number of hydrogen-bond donors (Lipinski definition) is 2. The lowest BCUT2D eigenvalue weighted by molar-refractivity contribution is 0.0951. The third-order valence-electron chi connectivity index (χ3n) is 3.62. The lowest BCUT2D eigenvalue weighted by Crippen LogP contribution is -2.24. The Hall–Kier alpha value is -2.50. The van der Waals surface area contributed by atoms with E-state index in [0.29, 0.717) is 23.5 Å². The number of ether oxygens (including phenoxy) is 1. The number of carbonyl (C=O) groups is 1. The van der Waals surface area contributed by atoms with Crippen molar-refractivity contribution in [3.63, 3.8) is 0 Å². The van der Waals surface area contributed by atoms with E-state index in [4.69, 9.17) is 10.5 Å². The van der Waals surface area contributed by atoms with Crippen molar-refractivity contribution in [3.05, 3.63) is 40.7 Å². The molecular formula is C15H20N4O2. The number of aryl methyl sites for hydroxylation is 2. The second kappa shape index (κ2) is 5.87. The SMILES string of the molecule is COc1cccc(C(=O)NCc2c(C)nn(C)c2C)c1N. The van der Waals surface area contributed by atoms with E-state index in [1.807, 2.05) is 20.9 Å². The lowest BCUT2D eigenvalue weighted by atomic mass is 10.1. The molecule has 0 radical (unpaired) electrons. The fourth-order valence-electron chi connectivity index (χ4n) is 2.26. The number of nitrogens with zero attached hydrogens (tertiary/aromatic N) is 2. The van der Waals surface area contributed by atoms with Crippen molar-refractivity contribution >= 4 is 11.6 Å². The van der Waals surface area contributed by atoms with Crippen LogP contribution in [0.3, 0.4) is 0 Å². The number of nitrogens with one attached hydrogen (secondary N) is 1. The number of anilines is 1. The molecule has 1 amide bonds. The predicted octanol–water partition coefficient (Wildman–Crippen LogP) is 1.56. The van der Waals surface area contributed by atoms with Crippen LogP contribution in [-0.2, 0) is 13.6 Å². The molecule has 0 aliphatic heterocycles. The number of hydrogen-bond acceptors (Lipinski definition) is 4.